The van der Waals surface area contributed by atoms with E-state index in [1.54, 1.807) is 48.5 Å². The molecule has 0 spiro atoms. The topological polar surface area (TPSA) is 87.3 Å². The first-order chi connectivity index (χ1) is 19.7. The van der Waals surface area contributed by atoms with Crippen LogP contribution in [0.4, 0.5) is 15.8 Å². The molecular formula is C33H30FN3O3S. The Morgan fingerprint density at radius 3 is 2.27 bits per heavy atom. The highest BCUT2D eigenvalue weighted by Gasteiger charge is 2.18. The summed E-state index contributed by atoms with van der Waals surface area (Å²) in [5.74, 6) is -1.55. The fourth-order valence-corrected chi connectivity index (χ4v) is 4.89. The summed E-state index contributed by atoms with van der Waals surface area (Å²) in [6.45, 7) is 5.77. The number of nitrogens with one attached hydrogen (secondary N) is 3. The number of anilines is 2. The van der Waals surface area contributed by atoms with Crippen LogP contribution in [0.3, 0.4) is 0 Å². The molecule has 8 heteroatoms. The number of benzene rings is 4. The molecule has 3 N–H and O–H groups in total. The number of carbonyl (C=O) groups is 3. The zero-order valence-electron chi connectivity index (χ0n) is 22.9. The molecule has 4 aromatic carbocycles. The number of carbonyl (C=O) groups excluding carboxylic acids is 3. The minimum Gasteiger partial charge on any atom is -0.325 e. The van der Waals surface area contributed by atoms with Crippen LogP contribution in [0.25, 0.3) is 6.08 Å². The first-order valence-corrected chi connectivity index (χ1v) is 13.9. The molecule has 0 fully saturated rings. The van der Waals surface area contributed by atoms with E-state index in [0.717, 1.165) is 21.7 Å². The molecule has 208 valence electrons. The molecule has 0 aliphatic carbocycles. The lowest BCUT2D eigenvalue weighted by Gasteiger charge is -2.15. The molecule has 0 saturated carbocycles. The highest BCUT2D eigenvalue weighted by Crippen LogP contribution is 2.27. The van der Waals surface area contributed by atoms with Crippen LogP contribution in [0.15, 0.2) is 108 Å². The largest absolute Gasteiger partial charge is 0.325 e. The lowest BCUT2D eigenvalue weighted by atomic mass is 10.1. The highest BCUT2D eigenvalue weighted by atomic mass is 32.2. The maximum absolute atomic E-state index is 13.4. The molecule has 0 heterocycles. The number of aryl methyl sites for hydroxylation is 2. The lowest BCUT2D eigenvalue weighted by Crippen LogP contribution is -2.30. The summed E-state index contributed by atoms with van der Waals surface area (Å²) in [6.07, 6.45) is 1.48. The van der Waals surface area contributed by atoms with Gasteiger partial charge in [-0.2, -0.15) is 0 Å². The van der Waals surface area contributed by atoms with Gasteiger partial charge in [0.05, 0.1) is 5.25 Å². The van der Waals surface area contributed by atoms with Crippen molar-refractivity contribution in [1.29, 1.82) is 0 Å². The Balaban J connectivity index is 1.47. The highest BCUT2D eigenvalue weighted by molar-refractivity contribution is 8.00. The summed E-state index contributed by atoms with van der Waals surface area (Å²) in [5.41, 5.74) is 4.29. The SMILES string of the molecule is Cc1ccc(NC(=O)C(C)Sc2cccc(NC(=O)/C(=C\c3ccc(F)cc3)NC(=O)c3ccccc3)c2)c(C)c1. The Morgan fingerprint density at radius 2 is 1.56 bits per heavy atom. The number of halogens is 1. The average Bonchev–Trinajstić information content (AvgIpc) is 2.95. The Morgan fingerprint density at radius 1 is 0.829 bits per heavy atom. The van der Waals surface area contributed by atoms with E-state index in [4.69, 9.17) is 0 Å². The maximum Gasteiger partial charge on any atom is 0.272 e. The number of rotatable bonds is 9. The van der Waals surface area contributed by atoms with E-state index in [9.17, 15) is 18.8 Å². The van der Waals surface area contributed by atoms with Crippen molar-refractivity contribution in [3.05, 3.63) is 131 Å². The predicted molar refractivity (Wildman–Crippen MR) is 163 cm³/mol. The van der Waals surface area contributed by atoms with E-state index < -0.39 is 22.9 Å². The molecule has 41 heavy (non-hydrogen) atoms. The molecule has 0 saturated heterocycles. The molecule has 0 aliphatic heterocycles. The molecule has 1 atom stereocenters. The van der Waals surface area contributed by atoms with Gasteiger partial charge in [0.1, 0.15) is 11.5 Å². The number of amides is 3. The smallest absolute Gasteiger partial charge is 0.272 e. The van der Waals surface area contributed by atoms with Crippen molar-refractivity contribution in [3.63, 3.8) is 0 Å². The molecule has 0 aromatic heterocycles. The molecular weight excluding hydrogens is 537 g/mol. The van der Waals surface area contributed by atoms with E-state index in [1.165, 1.54) is 42.1 Å². The van der Waals surface area contributed by atoms with Gasteiger partial charge in [0, 0.05) is 21.8 Å². The number of hydrogen-bond acceptors (Lipinski definition) is 4. The monoisotopic (exact) mass is 567 g/mol. The van der Waals surface area contributed by atoms with E-state index in [-0.39, 0.29) is 11.6 Å². The summed E-state index contributed by atoms with van der Waals surface area (Å²) in [6, 6.07) is 27.1. The normalized spacial score (nSPS) is 11.9. The average molecular weight is 568 g/mol. The fourth-order valence-electron chi connectivity index (χ4n) is 3.96. The van der Waals surface area contributed by atoms with Gasteiger partial charge in [-0.05, 0) is 86.5 Å². The van der Waals surface area contributed by atoms with Crippen molar-refractivity contribution < 1.29 is 18.8 Å². The minimum atomic E-state index is -0.554. The van der Waals surface area contributed by atoms with Crippen LogP contribution in [0, 0.1) is 19.7 Å². The van der Waals surface area contributed by atoms with Gasteiger partial charge in [-0.15, -0.1) is 11.8 Å². The number of hydrogen-bond donors (Lipinski definition) is 3. The Labute approximate surface area is 243 Å². The van der Waals surface area contributed by atoms with E-state index in [2.05, 4.69) is 16.0 Å². The molecule has 6 nitrogen and oxygen atoms in total. The fraction of sp³-hybridized carbons (Fsp3) is 0.121. The van der Waals surface area contributed by atoms with Crippen molar-refractivity contribution in [2.75, 3.05) is 10.6 Å². The summed E-state index contributed by atoms with van der Waals surface area (Å²) in [5, 5.41) is 8.06. The van der Waals surface area contributed by atoms with Gasteiger partial charge in [-0.3, -0.25) is 14.4 Å². The third-order valence-corrected chi connectivity index (χ3v) is 7.22. The van der Waals surface area contributed by atoms with Gasteiger partial charge >= 0.3 is 0 Å². The predicted octanol–water partition coefficient (Wildman–Crippen LogP) is 6.97. The van der Waals surface area contributed by atoms with Gasteiger partial charge < -0.3 is 16.0 Å². The van der Waals surface area contributed by atoms with Crippen LogP contribution in [-0.4, -0.2) is 23.0 Å². The van der Waals surface area contributed by atoms with Crippen LogP contribution < -0.4 is 16.0 Å². The van der Waals surface area contributed by atoms with E-state index in [1.807, 2.05) is 45.0 Å². The molecule has 0 bridgehead atoms. The van der Waals surface area contributed by atoms with Crippen LogP contribution in [0.2, 0.25) is 0 Å². The molecule has 3 amide bonds. The van der Waals surface area contributed by atoms with Gasteiger partial charge in [0.15, 0.2) is 0 Å². The molecule has 0 radical (unpaired) electrons. The summed E-state index contributed by atoms with van der Waals surface area (Å²) >= 11 is 1.36. The Hall–Kier alpha value is -4.69. The zero-order chi connectivity index (χ0) is 29.4. The second-order valence-corrected chi connectivity index (χ2v) is 10.9. The van der Waals surface area contributed by atoms with Crippen molar-refractivity contribution in [3.8, 4) is 0 Å². The maximum atomic E-state index is 13.4. The second kappa shape index (κ2) is 13.6. The summed E-state index contributed by atoms with van der Waals surface area (Å²) < 4.78 is 13.4. The molecule has 4 rings (SSSR count). The summed E-state index contributed by atoms with van der Waals surface area (Å²) in [7, 11) is 0. The van der Waals surface area contributed by atoms with Gasteiger partial charge in [-0.25, -0.2) is 4.39 Å². The van der Waals surface area contributed by atoms with Gasteiger partial charge in [0.25, 0.3) is 11.8 Å². The van der Waals surface area contributed by atoms with Crippen LogP contribution in [-0.2, 0) is 9.59 Å². The molecule has 4 aromatic rings. The van der Waals surface area contributed by atoms with E-state index in [0.29, 0.717) is 16.8 Å². The Bertz CT molecular complexity index is 1590. The second-order valence-electron chi connectivity index (χ2n) is 9.48. The van der Waals surface area contributed by atoms with Crippen molar-refractivity contribution in [1.82, 2.24) is 5.32 Å². The van der Waals surface area contributed by atoms with Crippen molar-refractivity contribution >= 4 is 46.9 Å². The minimum absolute atomic E-state index is 0.00951. The van der Waals surface area contributed by atoms with Crippen LogP contribution >= 0.6 is 11.8 Å². The molecule has 0 aliphatic rings. The molecule has 1 unspecified atom stereocenters. The van der Waals surface area contributed by atoms with E-state index >= 15 is 0 Å². The zero-order valence-corrected chi connectivity index (χ0v) is 23.7. The third kappa shape index (κ3) is 8.40. The number of thioether (sulfide) groups is 1. The lowest BCUT2D eigenvalue weighted by molar-refractivity contribution is -0.115. The van der Waals surface area contributed by atoms with Crippen molar-refractivity contribution in [2.45, 2.75) is 30.9 Å². The van der Waals surface area contributed by atoms with Crippen LogP contribution in [0.5, 0.6) is 0 Å². The first-order valence-electron chi connectivity index (χ1n) is 13.0. The Kier molecular flexibility index (Phi) is 9.71. The van der Waals surface area contributed by atoms with Crippen molar-refractivity contribution in [2.24, 2.45) is 0 Å². The first kappa shape index (κ1) is 29.3. The van der Waals surface area contributed by atoms with Gasteiger partial charge in [-0.1, -0.05) is 54.1 Å². The van der Waals surface area contributed by atoms with Gasteiger partial charge in [0.2, 0.25) is 5.91 Å². The van der Waals surface area contributed by atoms with Crippen LogP contribution in [0.1, 0.15) is 34.0 Å². The standard InChI is InChI=1S/C33H30FN3O3S/c1-21-12-17-29(22(2)18-21)36-31(38)23(3)41-28-11-7-10-27(20-28)35-33(40)30(19-24-13-15-26(34)16-14-24)37-32(39)25-8-5-4-6-9-25/h4-20,23H,1-3H3,(H,35,40)(H,36,38)(H,37,39)/b30-19+. The quantitative estimate of drug-likeness (QED) is 0.151. The third-order valence-electron chi connectivity index (χ3n) is 6.12. The summed E-state index contributed by atoms with van der Waals surface area (Å²) in [4.78, 5) is 39.8.